The molecule has 3 rings (SSSR count). The molecular weight excluding hydrogens is 284 g/mol. The highest BCUT2D eigenvalue weighted by Crippen LogP contribution is 2.32. The normalized spacial score (nSPS) is 24.5. The number of aromatic nitrogens is 2. The van der Waals surface area contributed by atoms with Crippen LogP contribution in [0, 0.1) is 11.8 Å². The van der Waals surface area contributed by atoms with Crippen molar-refractivity contribution in [2.45, 2.75) is 65.6 Å². The van der Waals surface area contributed by atoms with Crippen LogP contribution in [0.5, 0.6) is 0 Å². The summed E-state index contributed by atoms with van der Waals surface area (Å²) in [6.07, 6.45) is 8.25. The summed E-state index contributed by atoms with van der Waals surface area (Å²) in [5.41, 5.74) is 1.36. The van der Waals surface area contributed by atoms with Crippen LogP contribution in [0.15, 0.2) is 12.5 Å². The number of rotatable bonds is 6. The molecule has 1 aromatic heterocycles. The summed E-state index contributed by atoms with van der Waals surface area (Å²) in [5, 5.41) is 0. The zero-order valence-corrected chi connectivity index (χ0v) is 15.4. The predicted molar refractivity (Wildman–Crippen MR) is 95.4 cm³/mol. The van der Waals surface area contributed by atoms with E-state index in [1.807, 2.05) is 6.33 Å². The van der Waals surface area contributed by atoms with Crippen molar-refractivity contribution in [3.05, 3.63) is 18.2 Å². The van der Waals surface area contributed by atoms with Crippen molar-refractivity contribution in [2.24, 2.45) is 11.8 Å². The smallest absolute Gasteiger partial charge is 0.0951 e. The van der Waals surface area contributed by atoms with Crippen LogP contribution in [0.4, 0.5) is 0 Å². The van der Waals surface area contributed by atoms with Crippen molar-refractivity contribution in [3.63, 3.8) is 0 Å². The number of imidazole rings is 1. The molecule has 2 fully saturated rings. The van der Waals surface area contributed by atoms with Crippen molar-refractivity contribution in [3.8, 4) is 0 Å². The molecule has 0 aromatic carbocycles. The minimum absolute atomic E-state index is 0.492. The minimum atomic E-state index is 0.492. The molecular formula is C19H34N4. The highest BCUT2D eigenvalue weighted by atomic mass is 15.3. The Balaban J connectivity index is 1.66. The van der Waals surface area contributed by atoms with Crippen LogP contribution in [0.2, 0.25) is 0 Å². The van der Waals surface area contributed by atoms with Crippen LogP contribution < -0.4 is 0 Å². The first-order chi connectivity index (χ1) is 11.0. The third kappa shape index (κ3) is 4.36. The van der Waals surface area contributed by atoms with Gasteiger partial charge in [0.25, 0.3) is 0 Å². The molecule has 1 aliphatic carbocycles. The van der Waals surface area contributed by atoms with Crippen LogP contribution in [-0.4, -0.2) is 51.6 Å². The zero-order valence-electron chi connectivity index (χ0n) is 15.4. The lowest BCUT2D eigenvalue weighted by Crippen LogP contribution is -2.45. The average molecular weight is 319 g/mol. The molecule has 2 aliphatic rings. The molecule has 23 heavy (non-hydrogen) atoms. The lowest BCUT2D eigenvalue weighted by molar-refractivity contribution is 0.131. The Morgan fingerprint density at radius 2 is 1.96 bits per heavy atom. The second kappa shape index (κ2) is 7.35. The molecule has 0 spiro atoms. The van der Waals surface area contributed by atoms with Gasteiger partial charge < -0.3 is 4.57 Å². The molecule has 0 radical (unpaired) electrons. The van der Waals surface area contributed by atoms with E-state index >= 15 is 0 Å². The van der Waals surface area contributed by atoms with Gasteiger partial charge in [0.2, 0.25) is 0 Å². The Kier molecular flexibility index (Phi) is 5.42. The molecule has 1 saturated carbocycles. The summed E-state index contributed by atoms with van der Waals surface area (Å²) >= 11 is 0. The fraction of sp³-hybridized carbons (Fsp3) is 0.842. The van der Waals surface area contributed by atoms with Crippen LogP contribution in [0.3, 0.4) is 0 Å². The molecule has 1 saturated heterocycles. The molecule has 0 bridgehead atoms. The molecule has 2 heterocycles. The van der Waals surface area contributed by atoms with Crippen molar-refractivity contribution >= 4 is 0 Å². The van der Waals surface area contributed by atoms with Gasteiger partial charge in [-0.2, -0.15) is 0 Å². The topological polar surface area (TPSA) is 24.3 Å². The Bertz CT molecular complexity index is 489. The van der Waals surface area contributed by atoms with E-state index in [-0.39, 0.29) is 0 Å². The van der Waals surface area contributed by atoms with Gasteiger partial charge in [0.1, 0.15) is 0 Å². The molecule has 1 aliphatic heterocycles. The lowest BCUT2D eigenvalue weighted by atomic mass is 10.0. The van der Waals surface area contributed by atoms with Gasteiger partial charge in [0.15, 0.2) is 0 Å². The van der Waals surface area contributed by atoms with Gasteiger partial charge in [-0.25, -0.2) is 4.98 Å². The summed E-state index contributed by atoms with van der Waals surface area (Å²) in [7, 11) is 0. The first kappa shape index (κ1) is 17.0. The Morgan fingerprint density at radius 1 is 1.17 bits per heavy atom. The van der Waals surface area contributed by atoms with Crippen LogP contribution >= 0.6 is 0 Å². The van der Waals surface area contributed by atoms with E-state index in [4.69, 9.17) is 0 Å². The maximum Gasteiger partial charge on any atom is 0.0951 e. The van der Waals surface area contributed by atoms with Crippen molar-refractivity contribution in [2.75, 3.05) is 26.2 Å². The van der Waals surface area contributed by atoms with E-state index in [1.165, 1.54) is 51.1 Å². The average Bonchev–Trinajstić information content (AvgIpc) is 3.22. The lowest BCUT2D eigenvalue weighted by Gasteiger charge is -2.34. The maximum atomic E-state index is 4.37. The van der Waals surface area contributed by atoms with Gasteiger partial charge in [0, 0.05) is 37.9 Å². The van der Waals surface area contributed by atoms with Gasteiger partial charge in [-0.3, -0.25) is 9.80 Å². The summed E-state index contributed by atoms with van der Waals surface area (Å²) in [6, 6.07) is 1.19. The second-order valence-corrected chi connectivity index (χ2v) is 8.22. The van der Waals surface area contributed by atoms with Gasteiger partial charge in [-0.05, 0) is 58.0 Å². The van der Waals surface area contributed by atoms with E-state index in [0.29, 0.717) is 12.1 Å². The van der Waals surface area contributed by atoms with E-state index in [0.717, 1.165) is 18.4 Å². The third-order valence-corrected chi connectivity index (χ3v) is 5.48. The zero-order chi connectivity index (χ0) is 16.4. The highest BCUT2D eigenvalue weighted by molar-refractivity contribution is 5.00. The highest BCUT2D eigenvalue weighted by Gasteiger charge is 2.32. The fourth-order valence-corrected chi connectivity index (χ4v) is 3.92. The first-order valence-electron chi connectivity index (χ1n) is 9.51. The van der Waals surface area contributed by atoms with Gasteiger partial charge in [-0.15, -0.1) is 0 Å². The van der Waals surface area contributed by atoms with E-state index in [9.17, 15) is 0 Å². The van der Waals surface area contributed by atoms with Crippen LogP contribution in [-0.2, 0) is 6.54 Å². The molecule has 4 heteroatoms. The maximum absolute atomic E-state index is 4.37. The molecule has 1 atom stereocenters. The summed E-state index contributed by atoms with van der Waals surface area (Å²) in [6.45, 7) is 15.3. The standard InChI is InChI=1S/C19H34N4/c1-15(2)19-13-21(8-5-9-22(19)11-17-6-7-17)12-18-10-20-14-23(18)16(3)4/h10,14-17,19H,5-9,11-13H2,1-4H3/t19-/m0/s1. The third-order valence-electron chi connectivity index (χ3n) is 5.48. The van der Waals surface area contributed by atoms with Gasteiger partial charge >= 0.3 is 0 Å². The number of nitrogens with zero attached hydrogens (tertiary/aromatic N) is 4. The van der Waals surface area contributed by atoms with Gasteiger partial charge in [-0.1, -0.05) is 13.8 Å². The first-order valence-corrected chi connectivity index (χ1v) is 9.51. The van der Waals surface area contributed by atoms with Gasteiger partial charge in [0.05, 0.1) is 12.0 Å². The van der Waals surface area contributed by atoms with E-state index in [1.54, 1.807) is 0 Å². The second-order valence-electron chi connectivity index (χ2n) is 8.22. The number of hydrogen-bond donors (Lipinski definition) is 0. The minimum Gasteiger partial charge on any atom is -0.331 e. The van der Waals surface area contributed by atoms with Crippen molar-refractivity contribution < 1.29 is 0 Å². The molecule has 130 valence electrons. The Hall–Kier alpha value is -0.870. The van der Waals surface area contributed by atoms with Crippen molar-refractivity contribution in [1.82, 2.24) is 19.4 Å². The van der Waals surface area contributed by atoms with E-state index in [2.05, 4.69) is 53.2 Å². The molecule has 0 N–H and O–H groups in total. The summed E-state index contributed by atoms with van der Waals surface area (Å²) < 4.78 is 2.32. The summed E-state index contributed by atoms with van der Waals surface area (Å²) in [4.78, 5) is 9.83. The van der Waals surface area contributed by atoms with Crippen LogP contribution in [0.1, 0.15) is 58.7 Å². The largest absolute Gasteiger partial charge is 0.331 e. The van der Waals surface area contributed by atoms with Crippen molar-refractivity contribution in [1.29, 1.82) is 0 Å². The fourth-order valence-electron chi connectivity index (χ4n) is 3.92. The van der Waals surface area contributed by atoms with E-state index < -0.39 is 0 Å². The van der Waals surface area contributed by atoms with Crippen LogP contribution in [0.25, 0.3) is 0 Å². The molecule has 0 amide bonds. The molecule has 4 nitrogen and oxygen atoms in total. The quantitative estimate of drug-likeness (QED) is 0.803. The Morgan fingerprint density at radius 3 is 2.61 bits per heavy atom. The molecule has 0 unspecified atom stereocenters. The monoisotopic (exact) mass is 318 g/mol. The number of hydrogen-bond acceptors (Lipinski definition) is 3. The SMILES string of the molecule is CC(C)[C@@H]1CN(Cc2cncn2C(C)C)CCCN1CC1CC1. The molecule has 1 aromatic rings. The summed E-state index contributed by atoms with van der Waals surface area (Å²) in [5.74, 6) is 1.72. The Labute approximate surface area is 141 Å². The predicted octanol–water partition coefficient (Wildman–Crippen LogP) is 3.41.